The van der Waals surface area contributed by atoms with Crippen molar-refractivity contribution >= 4 is 0 Å². The van der Waals surface area contributed by atoms with Crippen LogP contribution in [0.3, 0.4) is 0 Å². The molecule has 1 fully saturated rings. The van der Waals surface area contributed by atoms with Crippen molar-refractivity contribution in [3.63, 3.8) is 0 Å². The molecule has 0 unspecified atom stereocenters. The fourth-order valence-electron chi connectivity index (χ4n) is 4.77. The van der Waals surface area contributed by atoms with Crippen LogP contribution in [0, 0.1) is 11.8 Å². The summed E-state index contributed by atoms with van der Waals surface area (Å²) in [6.07, 6.45) is 17.9. The summed E-state index contributed by atoms with van der Waals surface area (Å²) >= 11 is 0. The highest BCUT2D eigenvalue weighted by Crippen LogP contribution is 2.32. The molecular weight excluding hydrogens is 388 g/mol. The van der Waals surface area contributed by atoms with Gasteiger partial charge < -0.3 is 4.74 Å². The zero-order valence-corrected chi connectivity index (χ0v) is 19.9. The molecule has 1 saturated carbocycles. The lowest BCUT2D eigenvalue weighted by molar-refractivity contribution is 0.125. The monoisotopic (exact) mass is 430 g/mol. The van der Waals surface area contributed by atoms with E-state index in [1.165, 1.54) is 80.0 Å². The number of rotatable bonds is 14. The van der Waals surface area contributed by atoms with Crippen LogP contribution in [0.1, 0.15) is 73.6 Å². The van der Waals surface area contributed by atoms with Gasteiger partial charge in [-0.2, -0.15) is 0 Å². The molecule has 2 aromatic carbocycles. The maximum Gasteiger partial charge on any atom is 0.0717 e. The Morgan fingerprint density at radius 1 is 0.719 bits per heavy atom. The van der Waals surface area contributed by atoms with E-state index in [9.17, 15) is 0 Å². The minimum Gasteiger partial charge on any atom is -0.376 e. The number of unbranched alkanes of at least 4 members (excludes halogenated alkanes) is 1. The minimum absolute atomic E-state index is 0.695. The van der Waals surface area contributed by atoms with Crippen LogP contribution < -0.4 is 0 Å². The number of hydrogen-bond acceptors (Lipinski definition) is 1. The summed E-state index contributed by atoms with van der Waals surface area (Å²) in [5.41, 5.74) is 5.67. The number of benzene rings is 2. The van der Waals surface area contributed by atoms with Crippen molar-refractivity contribution in [2.75, 3.05) is 6.61 Å². The number of hydrogen-bond donors (Lipinski definition) is 0. The Bertz CT molecular complexity index is 778. The highest BCUT2D eigenvalue weighted by Gasteiger charge is 2.18. The molecule has 0 radical (unpaired) electrons. The van der Waals surface area contributed by atoms with Gasteiger partial charge in [0.2, 0.25) is 0 Å². The zero-order chi connectivity index (χ0) is 22.4. The lowest BCUT2D eigenvalue weighted by atomic mass is 9.79. The third-order valence-corrected chi connectivity index (χ3v) is 7.03. The first kappa shape index (κ1) is 24.5. The summed E-state index contributed by atoms with van der Waals surface area (Å²) < 4.78 is 5.64. The molecule has 0 saturated heterocycles. The quantitative estimate of drug-likeness (QED) is 0.216. The predicted octanol–water partition coefficient (Wildman–Crippen LogP) is 8.27. The average Bonchev–Trinajstić information content (AvgIpc) is 2.85. The summed E-state index contributed by atoms with van der Waals surface area (Å²) in [6, 6.07) is 18.3. The van der Waals surface area contributed by atoms with E-state index in [4.69, 9.17) is 4.74 Å². The number of aryl methyl sites for hydroxylation is 3. The van der Waals surface area contributed by atoms with Gasteiger partial charge in [-0.05, 0) is 105 Å². The molecule has 0 amide bonds. The Balaban J connectivity index is 1.29. The summed E-state index contributed by atoms with van der Waals surface area (Å²) in [6.45, 7) is 9.13. The van der Waals surface area contributed by atoms with Crippen LogP contribution >= 0.6 is 0 Å². The van der Waals surface area contributed by atoms with E-state index in [-0.39, 0.29) is 0 Å². The van der Waals surface area contributed by atoms with E-state index in [1.54, 1.807) is 0 Å². The molecule has 2 aromatic rings. The first-order valence-electron chi connectivity index (χ1n) is 12.7. The van der Waals surface area contributed by atoms with E-state index < -0.39 is 0 Å². The minimum atomic E-state index is 0.695. The Morgan fingerprint density at radius 2 is 1.25 bits per heavy atom. The van der Waals surface area contributed by atoms with Gasteiger partial charge in [-0.15, -0.1) is 13.2 Å². The molecule has 0 N–H and O–H groups in total. The first-order valence-corrected chi connectivity index (χ1v) is 12.7. The number of ether oxygens (including phenoxy) is 1. The summed E-state index contributed by atoms with van der Waals surface area (Å²) in [5.74, 6) is 1.70. The van der Waals surface area contributed by atoms with Crippen molar-refractivity contribution in [2.45, 2.75) is 77.2 Å². The Hall–Kier alpha value is -2.12. The SMILES string of the molecule is C=CCCOCc1ccc(CCCCc2ccc(CCC3CCC(C=C)CC3)cc2)cc1. The predicted molar refractivity (Wildman–Crippen MR) is 138 cm³/mol. The first-order chi connectivity index (χ1) is 15.8. The van der Waals surface area contributed by atoms with Crippen molar-refractivity contribution in [3.8, 4) is 0 Å². The Kier molecular flexibility index (Phi) is 10.8. The van der Waals surface area contributed by atoms with Crippen LogP contribution in [0.5, 0.6) is 0 Å². The van der Waals surface area contributed by atoms with Crippen molar-refractivity contribution in [2.24, 2.45) is 11.8 Å². The van der Waals surface area contributed by atoms with E-state index in [0.29, 0.717) is 6.61 Å². The summed E-state index contributed by atoms with van der Waals surface area (Å²) in [4.78, 5) is 0. The van der Waals surface area contributed by atoms with Crippen LogP contribution in [0.25, 0.3) is 0 Å². The van der Waals surface area contributed by atoms with Gasteiger partial charge in [-0.1, -0.05) is 60.7 Å². The topological polar surface area (TPSA) is 9.23 Å². The molecule has 0 heterocycles. The van der Waals surface area contributed by atoms with Gasteiger partial charge in [0, 0.05) is 0 Å². The molecule has 0 aliphatic heterocycles. The van der Waals surface area contributed by atoms with Crippen LogP contribution in [-0.2, 0) is 30.6 Å². The largest absolute Gasteiger partial charge is 0.376 e. The molecule has 32 heavy (non-hydrogen) atoms. The normalized spacial score (nSPS) is 18.4. The number of allylic oxidation sites excluding steroid dienone is 1. The van der Waals surface area contributed by atoms with E-state index in [1.807, 2.05) is 6.08 Å². The molecule has 0 aromatic heterocycles. The van der Waals surface area contributed by atoms with Gasteiger partial charge in [0.15, 0.2) is 0 Å². The molecule has 0 atom stereocenters. The lowest BCUT2D eigenvalue weighted by Gasteiger charge is -2.26. The van der Waals surface area contributed by atoms with Crippen LogP contribution in [0.4, 0.5) is 0 Å². The second kappa shape index (κ2) is 14.1. The summed E-state index contributed by atoms with van der Waals surface area (Å²) in [7, 11) is 0. The third kappa shape index (κ3) is 8.79. The second-order valence-corrected chi connectivity index (χ2v) is 9.53. The Morgan fingerprint density at radius 3 is 1.78 bits per heavy atom. The third-order valence-electron chi connectivity index (χ3n) is 7.03. The summed E-state index contributed by atoms with van der Waals surface area (Å²) in [5, 5.41) is 0. The molecule has 1 aliphatic carbocycles. The molecule has 3 rings (SSSR count). The van der Waals surface area contributed by atoms with Gasteiger partial charge in [-0.25, -0.2) is 0 Å². The molecular formula is C31H42O. The zero-order valence-electron chi connectivity index (χ0n) is 19.9. The molecule has 172 valence electrons. The van der Waals surface area contributed by atoms with Gasteiger partial charge in [0.25, 0.3) is 0 Å². The van der Waals surface area contributed by atoms with E-state index in [0.717, 1.165) is 31.3 Å². The lowest BCUT2D eigenvalue weighted by Crippen LogP contribution is -2.13. The average molecular weight is 431 g/mol. The van der Waals surface area contributed by atoms with Crippen LogP contribution in [-0.4, -0.2) is 6.61 Å². The maximum atomic E-state index is 5.64. The molecule has 1 aliphatic rings. The maximum absolute atomic E-state index is 5.64. The van der Waals surface area contributed by atoms with E-state index >= 15 is 0 Å². The highest BCUT2D eigenvalue weighted by molar-refractivity contribution is 5.24. The van der Waals surface area contributed by atoms with Crippen molar-refractivity contribution in [3.05, 3.63) is 96.1 Å². The van der Waals surface area contributed by atoms with Crippen LogP contribution in [0.2, 0.25) is 0 Å². The smallest absolute Gasteiger partial charge is 0.0717 e. The van der Waals surface area contributed by atoms with Crippen LogP contribution in [0.15, 0.2) is 73.8 Å². The molecule has 1 heteroatoms. The van der Waals surface area contributed by atoms with Gasteiger partial charge in [0.05, 0.1) is 13.2 Å². The standard InChI is InChI=1S/C31H42O/c1-3-5-24-32-25-31-22-20-28(21-23-31)9-7-6-8-27-14-16-30(17-15-27)19-18-29-12-10-26(4-2)11-13-29/h3-4,14-17,20-23,26,29H,1-2,5-13,18-19,24-25H2. The van der Waals surface area contributed by atoms with Gasteiger partial charge in [-0.3, -0.25) is 0 Å². The molecule has 1 nitrogen and oxygen atoms in total. The van der Waals surface area contributed by atoms with Crippen molar-refractivity contribution < 1.29 is 4.74 Å². The van der Waals surface area contributed by atoms with E-state index in [2.05, 4.69) is 67.8 Å². The highest BCUT2D eigenvalue weighted by atomic mass is 16.5. The van der Waals surface area contributed by atoms with Gasteiger partial charge in [0.1, 0.15) is 0 Å². The fraction of sp³-hybridized carbons (Fsp3) is 0.484. The fourth-order valence-corrected chi connectivity index (χ4v) is 4.77. The second-order valence-electron chi connectivity index (χ2n) is 9.53. The van der Waals surface area contributed by atoms with Crippen molar-refractivity contribution in [1.82, 2.24) is 0 Å². The molecule has 0 bridgehead atoms. The van der Waals surface area contributed by atoms with Crippen molar-refractivity contribution in [1.29, 1.82) is 0 Å². The van der Waals surface area contributed by atoms with Gasteiger partial charge >= 0.3 is 0 Å². The Labute approximate surface area is 196 Å². The molecule has 0 spiro atoms.